The van der Waals surface area contributed by atoms with Crippen LogP contribution in [0.15, 0.2) is 52.5 Å². The van der Waals surface area contributed by atoms with E-state index in [4.69, 9.17) is 23.2 Å². The Labute approximate surface area is 131 Å². The van der Waals surface area contributed by atoms with Crippen LogP contribution in [0.4, 0.5) is 0 Å². The number of nitrogens with zero attached hydrogens (tertiary/aromatic N) is 1. The first-order valence-electron chi connectivity index (χ1n) is 5.67. The van der Waals surface area contributed by atoms with Gasteiger partial charge in [0.25, 0.3) is 10.0 Å². The summed E-state index contributed by atoms with van der Waals surface area (Å²) in [5.41, 5.74) is 0.293. The molecule has 0 aliphatic heterocycles. The number of phenols is 1. The molecule has 2 rings (SSSR count). The molecule has 0 fully saturated rings. The molecule has 2 aromatic rings. The zero-order valence-corrected chi connectivity index (χ0v) is 12.8. The minimum Gasteiger partial charge on any atom is -0.507 e. The van der Waals surface area contributed by atoms with E-state index in [1.165, 1.54) is 42.5 Å². The van der Waals surface area contributed by atoms with Crippen molar-refractivity contribution < 1.29 is 13.5 Å². The van der Waals surface area contributed by atoms with Gasteiger partial charge in [-0.3, -0.25) is 0 Å². The lowest BCUT2D eigenvalue weighted by Crippen LogP contribution is -2.18. The summed E-state index contributed by atoms with van der Waals surface area (Å²) in [5, 5.41) is 14.0. The van der Waals surface area contributed by atoms with E-state index in [1.54, 1.807) is 0 Å². The molecule has 0 atom stereocenters. The van der Waals surface area contributed by atoms with Crippen molar-refractivity contribution in [3.63, 3.8) is 0 Å². The molecule has 0 saturated heterocycles. The number of aromatic hydroxyl groups is 1. The Kier molecular flexibility index (Phi) is 4.72. The molecule has 0 heterocycles. The van der Waals surface area contributed by atoms with E-state index in [1.807, 2.05) is 4.83 Å². The summed E-state index contributed by atoms with van der Waals surface area (Å²) in [5.74, 6) is -0.0613. The molecule has 21 heavy (non-hydrogen) atoms. The highest BCUT2D eigenvalue weighted by Gasteiger charge is 2.12. The Bertz CT molecular complexity index is 775. The summed E-state index contributed by atoms with van der Waals surface area (Å²) in [6.07, 6.45) is 1.16. The van der Waals surface area contributed by atoms with E-state index < -0.39 is 10.0 Å². The van der Waals surface area contributed by atoms with Crippen LogP contribution in [0.25, 0.3) is 0 Å². The van der Waals surface area contributed by atoms with Gasteiger partial charge in [-0.05, 0) is 42.5 Å². The highest BCUT2D eigenvalue weighted by atomic mass is 35.5. The van der Waals surface area contributed by atoms with E-state index in [0.29, 0.717) is 15.6 Å². The molecule has 0 unspecified atom stereocenters. The Morgan fingerprint density at radius 1 is 1.05 bits per heavy atom. The van der Waals surface area contributed by atoms with Gasteiger partial charge in [0.15, 0.2) is 0 Å². The number of halogens is 2. The summed E-state index contributed by atoms with van der Waals surface area (Å²) in [6.45, 7) is 0. The van der Waals surface area contributed by atoms with Gasteiger partial charge in [0, 0.05) is 15.6 Å². The predicted octanol–water partition coefficient (Wildman–Crippen LogP) is 3.01. The predicted molar refractivity (Wildman–Crippen MR) is 82.5 cm³/mol. The summed E-state index contributed by atoms with van der Waals surface area (Å²) < 4.78 is 23.9. The fourth-order valence-corrected chi connectivity index (χ4v) is 2.56. The highest BCUT2D eigenvalue weighted by molar-refractivity contribution is 7.89. The molecule has 0 aliphatic rings. The molecule has 8 heteroatoms. The van der Waals surface area contributed by atoms with Gasteiger partial charge in [-0.2, -0.15) is 13.5 Å². The van der Waals surface area contributed by atoms with Crippen molar-refractivity contribution in [3.05, 3.63) is 58.1 Å². The number of benzene rings is 2. The van der Waals surface area contributed by atoms with Gasteiger partial charge in [0.05, 0.1) is 11.1 Å². The van der Waals surface area contributed by atoms with Crippen LogP contribution in [0.2, 0.25) is 10.0 Å². The van der Waals surface area contributed by atoms with Gasteiger partial charge in [0.1, 0.15) is 5.75 Å². The molecule has 0 aliphatic carbocycles. The average Bonchev–Trinajstić information content (AvgIpc) is 2.43. The second-order valence-corrected chi connectivity index (χ2v) is 6.54. The van der Waals surface area contributed by atoms with Crippen molar-refractivity contribution in [2.45, 2.75) is 4.90 Å². The van der Waals surface area contributed by atoms with E-state index >= 15 is 0 Å². The topological polar surface area (TPSA) is 78.8 Å². The van der Waals surface area contributed by atoms with Crippen molar-refractivity contribution in [2.75, 3.05) is 0 Å². The third-order valence-electron chi connectivity index (χ3n) is 2.49. The van der Waals surface area contributed by atoms with Gasteiger partial charge >= 0.3 is 0 Å². The second-order valence-electron chi connectivity index (χ2n) is 4.01. The lowest BCUT2D eigenvalue weighted by molar-refractivity contribution is 0.474. The van der Waals surface area contributed by atoms with Crippen LogP contribution in [-0.2, 0) is 10.0 Å². The zero-order valence-electron chi connectivity index (χ0n) is 10.5. The van der Waals surface area contributed by atoms with Gasteiger partial charge in [0.2, 0.25) is 0 Å². The van der Waals surface area contributed by atoms with Crippen LogP contribution in [-0.4, -0.2) is 19.7 Å². The summed E-state index contributed by atoms with van der Waals surface area (Å²) >= 11 is 11.5. The number of rotatable bonds is 4. The first-order valence-corrected chi connectivity index (χ1v) is 7.91. The Hall–Kier alpha value is -1.76. The van der Waals surface area contributed by atoms with Crippen molar-refractivity contribution in [3.8, 4) is 5.75 Å². The van der Waals surface area contributed by atoms with Crippen LogP contribution < -0.4 is 4.83 Å². The molecule has 2 aromatic carbocycles. The smallest absolute Gasteiger partial charge is 0.276 e. The van der Waals surface area contributed by atoms with E-state index in [9.17, 15) is 13.5 Å². The zero-order chi connectivity index (χ0) is 15.5. The fourth-order valence-electron chi connectivity index (χ4n) is 1.46. The maximum Gasteiger partial charge on any atom is 0.276 e. The SMILES string of the molecule is O=S(=O)(N/N=C/c1cc(Cl)ccc1O)c1ccc(Cl)cc1. The number of phenolic OH excluding ortho intramolecular Hbond substituents is 1. The minimum absolute atomic E-state index is 0.0272. The number of hydrazone groups is 1. The van der Waals surface area contributed by atoms with E-state index in [-0.39, 0.29) is 10.6 Å². The van der Waals surface area contributed by atoms with Crippen LogP contribution in [0.5, 0.6) is 5.75 Å². The van der Waals surface area contributed by atoms with Gasteiger partial charge < -0.3 is 5.11 Å². The van der Waals surface area contributed by atoms with Crippen molar-refractivity contribution in [2.24, 2.45) is 5.10 Å². The molecule has 0 spiro atoms. The third kappa shape index (κ3) is 4.10. The molecule has 2 N–H and O–H groups in total. The molecular weight excluding hydrogens is 335 g/mol. The Balaban J connectivity index is 2.16. The molecular formula is C13H10Cl2N2O3S. The van der Waals surface area contributed by atoms with Gasteiger partial charge in [-0.15, -0.1) is 0 Å². The molecule has 0 amide bonds. The third-order valence-corrected chi connectivity index (χ3v) is 4.22. The second kappa shape index (κ2) is 6.34. The van der Waals surface area contributed by atoms with Crippen LogP contribution in [0.1, 0.15) is 5.56 Å². The largest absolute Gasteiger partial charge is 0.507 e. The van der Waals surface area contributed by atoms with Crippen LogP contribution in [0.3, 0.4) is 0 Å². The molecule has 110 valence electrons. The normalized spacial score (nSPS) is 11.7. The molecule has 0 bridgehead atoms. The summed E-state index contributed by atoms with van der Waals surface area (Å²) in [4.78, 5) is 2.06. The fraction of sp³-hybridized carbons (Fsp3) is 0. The quantitative estimate of drug-likeness (QED) is 0.660. The summed E-state index contributed by atoms with van der Waals surface area (Å²) in [6, 6.07) is 9.99. The van der Waals surface area contributed by atoms with E-state index in [2.05, 4.69) is 5.10 Å². The van der Waals surface area contributed by atoms with Crippen molar-refractivity contribution >= 4 is 39.4 Å². The first-order chi connectivity index (χ1) is 9.88. The number of hydrogen-bond donors (Lipinski definition) is 2. The number of sulfonamides is 1. The standard InChI is InChI=1S/C13H10Cl2N2O3S/c14-10-1-4-12(5-2-10)21(19,20)17-16-8-9-7-11(15)3-6-13(9)18/h1-8,17-18H/b16-8+. The molecule has 0 saturated carbocycles. The average molecular weight is 345 g/mol. The number of hydrogen-bond acceptors (Lipinski definition) is 4. The molecule has 0 radical (unpaired) electrons. The molecule has 5 nitrogen and oxygen atoms in total. The first kappa shape index (κ1) is 15.6. The van der Waals surface area contributed by atoms with Gasteiger partial charge in [-0.25, -0.2) is 4.83 Å². The molecule has 0 aromatic heterocycles. The van der Waals surface area contributed by atoms with Crippen molar-refractivity contribution in [1.29, 1.82) is 0 Å². The lowest BCUT2D eigenvalue weighted by Gasteiger charge is -2.03. The maximum atomic E-state index is 11.9. The maximum absolute atomic E-state index is 11.9. The minimum atomic E-state index is -3.79. The monoisotopic (exact) mass is 344 g/mol. The Morgan fingerprint density at radius 3 is 2.33 bits per heavy atom. The lowest BCUT2D eigenvalue weighted by atomic mass is 10.2. The number of nitrogens with one attached hydrogen (secondary N) is 1. The van der Waals surface area contributed by atoms with Crippen LogP contribution >= 0.6 is 23.2 Å². The van der Waals surface area contributed by atoms with Gasteiger partial charge in [-0.1, -0.05) is 23.2 Å². The van der Waals surface area contributed by atoms with Crippen LogP contribution in [0, 0.1) is 0 Å². The highest BCUT2D eigenvalue weighted by Crippen LogP contribution is 2.19. The van der Waals surface area contributed by atoms with E-state index in [0.717, 1.165) is 6.21 Å². The summed E-state index contributed by atoms with van der Waals surface area (Å²) in [7, 11) is -3.79. The van der Waals surface area contributed by atoms with Crippen molar-refractivity contribution in [1.82, 2.24) is 4.83 Å². The Morgan fingerprint density at radius 2 is 1.67 bits per heavy atom.